The Bertz CT molecular complexity index is 1560. The first kappa shape index (κ1) is 25.8. The predicted molar refractivity (Wildman–Crippen MR) is 146 cm³/mol. The fourth-order valence-corrected chi connectivity index (χ4v) is 4.46. The Kier molecular flexibility index (Phi) is 7.26. The van der Waals surface area contributed by atoms with Gasteiger partial charge in [0.25, 0.3) is 0 Å². The number of carbonyl (C=O) groups is 2. The molecule has 4 N–H and O–H groups in total. The zero-order valence-electron chi connectivity index (χ0n) is 20.5. The second-order valence-electron chi connectivity index (χ2n) is 9.21. The molecule has 0 bridgehead atoms. The molecule has 1 atom stereocenters. The van der Waals surface area contributed by atoms with Gasteiger partial charge >= 0.3 is 5.97 Å². The van der Waals surface area contributed by atoms with Gasteiger partial charge in [-0.15, -0.1) is 0 Å². The maximum atomic E-state index is 12.3. The number of phenols is 1. The van der Waals surface area contributed by atoms with Crippen LogP contribution in [-0.4, -0.2) is 33.1 Å². The third-order valence-electron chi connectivity index (χ3n) is 5.98. The molecule has 1 aliphatic carbocycles. The van der Waals surface area contributed by atoms with Crippen LogP contribution < -0.4 is 16.1 Å². The summed E-state index contributed by atoms with van der Waals surface area (Å²) in [6.45, 7) is 5.54. The van der Waals surface area contributed by atoms with Crippen LogP contribution in [0.5, 0.6) is 5.75 Å². The predicted octanol–water partition coefficient (Wildman–Crippen LogP) is 5.26. The van der Waals surface area contributed by atoms with Gasteiger partial charge in [-0.3, -0.25) is 9.59 Å². The van der Waals surface area contributed by atoms with E-state index >= 15 is 0 Å². The number of phenolic OH excluding ortho intramolecular Hbond substituents is 1. The maximum absolute atomic E-state index is 12.3. The van der Waals surface area contributed by atoms with Crippen molar-refractivity contribution < 1.29 is 24.2 Å². The molecule has 1 heterocycles. The number of fused-ring (bicyclic) bond motifs is 2. The Hall–Kier alpha value is -4.24. The van der Waals surface area contributed by atoms with Gasteiger partial charge in [0, 0.05) is 52.7 Å². The van der Waals surface area contributed by atoms with Gasteiger partial charge in [0.05, 0.1) is 5.56 Å². The van der Waals surface area contributed by atoms with Crippen molar-refractivity contribution in [3.05, 3.63) is 70.4 Å². The zero-order chi connectivity index (χ0) is 26.9. The van der Waals surface area contributed by atoms with Gasteiger partial charge < -0.3 is 25.3 Å². The van der Waals surface area contributed by atoms with E-state index in [1.54, 1.807) is 24.3 Å². The highest BCUT2D eigenvalue weighted by atomic mass is 32.1. The lowest BCUT2D eigenvalue weighted by molar-refractivity contribution is -0.122. The molecule has 9 heteroatoms. The lowest BCUT2D eigenvalue weighted by Crippen LogP contribution is -2.37. The van der Waals surface area contributed by atoms with Crippen LogP contribution in [0.15, 0.2) is 63.8 Å². The number of ketones is 1. The number of nitrogens with one attached hydrogen (secondary N) is 2. The number of anilines is 1. The first-order valence-electron chi connectivity index (χ1n) is 11.7. The number of thiocarbonyl (C=S) groups is 1. The molecular weight excluding hydrogens is 492 g/mol. The number of carboxylic acid groups (broad SMARTS) is 1. The summed E-state index contributed by atoms with van der Waals surface area (Å²) in [5.74, 6) is -0.863. The second-order valence-corrected chi connectivity index (χ2v) is 9.61. The summed E-state index contributed by atoms with van der Waals surface area (Å²) in [6, 6.07) is 13.5. The van der Waals surface area contributed by atoms with E-state index in [2.05, 4.69) is 10.6 Å². The number of carbonyl (C=O) groups excluding carboxylic acids is 1. The minimum Gasteiger partial charge on any atom is -0.508 e. The van der Waals surface area contributed by atoms with Crippen LogP contribution in [-0.2, 0) is 4.79 Å². The lowest BCUT2D eigenvalue weighted by atomic mass is 9.90. The van der Waals surface area contributed by atoms with Crippen LogP contribution in [0.2, 0.25) is 0 Å². The van der Waals surface area contributed by atoms with E-state index in [-0.39, 0.29) is 45.4 Å². The van der Waals surface area contributed by atoms with Crippen molar-refractivity contribution >= 4 is 45.7 Å². The fourth-order valence-electron chi connectivity index (χ4n) is 4.15. The van der Waals surface area contributed by atoms with Crippen molar-refractivity contribution in [2.45, 2.75) is 33.2 Å². The summed E-state index contributed by atoms with van der Waals surface area (Å²) in [5.41, 5.74) is 2.03. The van der Waals surface area contributed by atoms with Gasteiger partial charge in [0.2, 0.25) is 0 Å². The van der Waals surface area contributed by atoms with Crippen molar-refractivity contribution in [3.63, 3.8) is 0 Å². The van der Waals surface area contributed by atoms with Crippen molar-refractivity contribution in [2.24, 2.45) is 5.92 Å². The number of aromatic hydroxyl groups is 1. The summed E-state index contributed by atoms with van der Waals surface area (Å²) in [7, 11) is 0. The molecule has 8 nitrogen and oxygen atoms in total. The Morgan fingerprint density at radius 2 is 1.73 bits per heavy atom. The molecule has 0 saturated carbocycles. The first-order chi connectivity index (χ1) is 17.5. The Labute approximate surface area is 218 Å². The SMILES string of the molecule is CC(CC(=O)C(C)C)NC(=S)Nc1ccc(-c2c3ccc(=O)cc-3oc3cc(O)ccc23)c(C(=O)O)c1. The van der Waals surface area contributed by atoms with E-state index in [4.69, 9.17) is 16.6 Å². The average Bonchev–Trinajstić information content (AvgIpc) is 2.82. The number of hydrogen-bond acceptors (Lipinski definition) is 6. The summed E-state index contributed by atoms with van der Waals surface area (Å²) in [4.78, 5) is 36.3. The normalized spacial score (nSPS) is 12.0. The third-order valence-corrected chi connectivity index (χ3v) is 6.20. The molecule has 2 aliphatic rings. The highest BCUT2D eigenvalue weighted by Crippen LogP contribution is 2.42. The largest absolute Gasteiger partial charge is 0.508 e. The van der Waals surface area contributed by atoms with Gasteiger partial charge in [0.15, 0.2) is 10.5 Å². The molecule has 37 heavy (non-hydrogen) atoms. The van der Waals surface area contributed by atoms with Crippen molar-refractivity contribution in [2.75, 3.05) is 5.32 Å². The molecule has 0 saturated heterocycles. The summed E-state index contributed by atoms with van der Waals surface area (Å²) < 4.78 is 5.86. The summed E-state index contributed by atoms with van der Waals surface area (Å²) in [6.07, 6.45) is 0.318. The molecule has 2 aromatic carbocycles. The minimum atomic E-state index is -1.16. The molecule has 0 amide bonds. The lowest BCUT2D eigenvalue weighted by Gasteiger charge is -2.19. The Morgan fingerprint density at radius 1 is 1.00 bits per heavy atom. The van der Waals surface area contributed by atoms with Crippen LogP contribution >= 0.6 is 12.2 Å². The van der Waals surface area contributed by atoms with Gasteiger partial charge in [-0.1, -0.05) is 19.9 Å². The van der Waals surface area contributed by atoms with E-state index in [9.17, 15) is 24.6 Å². The van der Waals surface area contributed by atoms with Crippen molar-refractivity contribution in [1.29, 1.82) is 0 Å². The molecule has 1 aliphatic heterocycles. The maximum Gasteiger partial charge on any atom is 0.336 e. The number of aromatic carboxylic acids is 1. The van der Waals surface area contributed by atoms with Crippen LogP contribution in [0.25, 0.3) is 33.4 Å². The smallest absolute Gasteiger partial charge is 0.336 e. The number of hydrogen-bond donors (Lipinski definition) is 4. The van der Waals surface area contributed by atoms with Gasteiger partial charge in [-0.2, -0.15) is 0 Å². The standard InChI is InChI=1S/C28H26N2O6S/c1-14(2)23(33)10-15(3)29-28(37)30-16-4-7-19(22(11-16)27(34)35)26-20-8-5-17(31)12-24(20)36-25-13-18(32)6-9-21(25)26/h4-9,11-15,31H,10H2,1-3H3,(H,34,35)(H2,29,30,37). The fraction of sp³-hybridized carbons (Fsp3) is 0.214. The van der Waals surface area contributed by atoms with E-state index in [0.717, 1.165) is 0 Å². The molecule has 0 spiro atoms. The van der Waals surface area contributed by atoms with E-state index in [0.29, 0.717) is 39.8 Å². The zero-order valence-corrected chi connectivity index (χ0v) is 21.3. The Balaban J connectivity index is 1.74. The molecule has 0 radical (unpaired) electrons. The van der Waals surface area contributed by atoms with Gasteiger partial charge in [-0.25, -0.2) is 4.79 Å². The van der Waals surface area contributed by atoms with Crippen LogP contribution in [0, 0.1) is 5.92 Å². The van der Waals surface area contributed by atoms with Crippen LogP contribution in [0.1, 0.15) is 37.6 Å². The van der Waals surface area contributed by atoms with Crippen LogP contribution in [0.3, 0.4) is 0 Å². The molecule has 0 aromatic heterocycles. The Morgan fingerprint density at radius 3 is 2.43 bits per heavy atom. The van der Waals surface area contributed by atoms with Gasteiger partial charge in [0.1, 0.15) is 22.9 Å². The van der Waals surface area contributed by atoms with Gasteiger partial charge in [-0.05, 0) is 61.1 Å². The van der Waals surface area contributed by atoms with E-state index in [1.807, 2.05) is 20.8 Å². The molecule has 0 fully saturated rings. The summed E-state index contributed by atoms with van der Waals surface area (Å²) >= 11 is 5.37. The number of benzene rings is 3. The van der Waals surface area contributed by atoms with Crippen molar-refractivity contribution in [3.8, 4) is 28.2 Å². The second kappa shape index (κ2) is 10.4. The molecule has 2 aromatic rings. The minimum absolute atomic E-state index is 0.00362. The highest BCUT2D eigenvalue weighted by molar-refractivity contribution is 7.80. The van der Waals surface area contributed by atoms with Crippen molar-refractivity contribution in [1.82, 2.24) is 5.32 Å². The van der Waals surface area contributed by atoms with E-state index < -0.39 is 5.97 Å². The van der Waals surface area contributed by atoms with E-state index in [1.165, 1.54) is 30.3 Å². The van der Waals surface area contributed by atoms with Crippen LogP contribution in [0.4, 0.5) is 5.69 Å². The molecular formula is C28H26N2O6S. The molecule has 4 rings (SSSR count). The first-order valence-corrected chi connectivity index (χ1v) is 12.1. The topological polar surface area (TPSA) is 129 Å². The molecule has 190 valence electrons. The third kappa shape index (κ3) is 5.62. The molecule has 1 unspecified atom stereocenters. The monoisotopic (exact) mass is 518 g/mol. The number of carboxylic acids is 1. The summed E-state index contributed by atoms with van der Waals surface area (Å²) in [5, 5.41) is 26.9. The highest BCUT2D eigenvalue weighted by Gasteiger charge is 2.22. The number of Topliss-reactive ketones (excluding diaryl/α,β-unsaturated/α-hetero) is 1. The number of rotatable bonds is 7. The average molecular weight is 519 g/mol. The quantitative estimate of drug-likeness (QED) is 0.191.